The Bertz CT molecular complexity index is 965. The van der Waals surface area contributed by atoms with Crippen molar-refractivity contribution in [3.05, 3.63) is 64.2 Å². The second kappa shape index (κ2) is 12.0. The van der Waals surface area contributed by atoms with Crippen LogP contribution in [0.25, 0.3) is 0 Å². The molecule has 0 aliphatic carbocycles. The number of thiocarbonyl (C=S) groups is 1. The maximum atomic E-state index is 12.3. The van der Waals surface area contributed by atoms with Crippen LogP contribution in [0.5, 0.6) is 5.75 Å². The molecule has 0 radical (unpaired) electrons. The normalized spacial score (nSPS) is 12.1. The van der Waals surface area contributed by atoms with Crippen molar-refractivity contribution >= 4 is 23.4 Å². The lowest BCUT2D eigenvalue weighted by atomic mass is 9.96. The smallest absolute Gasteiger partial charge is 0.311 e. The van der Waals surface area contributed by atoms with Gasteiger partial charge >= 0.3 is 5.97 Å². The van der Waals surface area contributed by atoms with Gasteiger partial charge in [0.2, 0.25) is 0 Å². The molecule has 2 aromatic rings. The first kappa shape index (κ1) is 26.7. The number of hydrogen-bond donors (Lipinski definition) is 1. The Balaban J connectivity index is 1.96. The first-order valence-corrected chi connectivity index (χ1v) is 11.7. The van der Waals surface area contributed by atoms with Crippen LogP contribution in [0.4, 0.5) is 0 Å². The average Bonchev–Trinajstić information content (AvgIpc) is 2.76. The minimum Gasteiger partial charge on any atom is -0.496 e. The molecule has 0 aromatic heterocycles. The summed E-state index contributed by atoms with van der Waals surface area (Å²) in [4.78, 5) is 12.3. The van der Waals surface area contributed by atoms with Crippen LogP contribution in [0, 0.1) is 32.1 Å². The van der Waals surface area contributed by atoms with Gasteiger partial charge in [-0.1, -0.05) is 30.3 Å². The van der Waals surface area contributed by atoms with Gasteiger partial charge in [0.05, 0.1) is 19.1 Å². The van der Waals surface area contributed by atoms with Crippen LogP contribution in [-0.2, 0) is 27.3 Å². The first-order chi connectivity index (χ1) is 15.5. The largest absolute Gasteiger partial charge is 0.496 e. The van der Waals surface area contributed by atoms with Crippen LogP contribution in [0.3, 0.4) is 0 Å². The molecule has 6 heteroatoms. The van der Waals surface area contributed by atoms with Gasteiger partial charge in [-0.05, 0) is 94.1 Å². The lowest BCUT2D eigenvalue weighted by Gasteiger charge is -2.22. The number of esters is 1. The van der Waals surface area contributed by atoms with Gasteiger partial charge in [-0.25, -0.2) is 0 Å². The quantitative estimate of drug-likeness (QED) is 0.387. The van der Waals surface area contributed by atoms with Crippen molar-refractivity contribution in [1.82, 2.24) is 5.32 Å². The van der Waals surface area contributed by atoms with Crippen LogP contribution in [-0.4, -0.2) is 31.4 Å². The summed E-state index contributed by atoms with van der Waals surface area (Å²) in [6.45, 7) is 13.0. The van der Waals surface area contributed by atoms with E-state index in [0.717, 1.165) is 23.3 Å². The van der Waals surface area contributed by atoms with E-state index in [4.69, 9.17) is 26.4 Å². The average molecular weight is 472 g/mol. The highest BCUT2D eigenvalue weighted by molar-refractivity contribution is 7.80. The number of aryl methyl sites for hydroxylation is 3. The summed E-state index contributed by atoms with van der Waals surface area (Å²) in [7, 11) is 1.65. The second-order valence-electron chi connectivity index (χ2n) is 9.60. The van der Waals surface area contributed by atoms with E-state index < -0.39 is 5.41 Å². The standard InChI is InChI=1S/C27H37NO4S/c1-18-8-10-21(12-20(18)3)13-23(17-31-25(29)27(4,5)6)15-28-26(33)32-16-22-11-9-19(2)24(14-22)30-7/h8-12,14,23H,13,15-17H2,1-7H3,(H,28,33). The van der Waals surface area contributed by atoms with Gasteiger partial charge in [-0.3, -0.25) is 4.79 Å². The van der Waals surface area contributed by atoms with E-state index in [1.807, 2.05) is 45.9 Å². The molecule has 0 aliphatic heterocycles. The van der Waals surface area contributed by atoms with E-state index in [1.54, 1.807) is 7.11 Å². The Kier molecular flexibility index (Phi) is 9.71. The molecule has 0 bridgehead atoms. The minimum atomic E-state index is -0.536. The number of nitrogens with one attached hydrogen (secondary N) is 1. The molecule has 2 aromatic carbocycles. The number of ether oxygens (including phenoxy) is 3. The minimum absolute atomic E-state index is 0.0550. The molecule has 0 saturated heterocycles. The number of carbonyl (C=O) groups is 1. The highest BCUT2D eigenvalue weighted by Gasteiger charge is 2.24. The van der Waals surface area contributed by atoms with Gasteiger partial charge in [0.15, 0.2) is 0 Å². The Morgan fingerprint density at radius 3 is 2.27 bits per heavy atom. The molecule has 180 valence electrons. The SMILES string of the molecule is COc1cc(COC(=S)NCC(COC(=O)C(C)(C)C)Cc2ccc(C)c(C)c2)ccc1C. The van der Waals surface area contributed by atoms with Crippen molar-refractivity contribution in [1.29, 1.82) is 0 Å². The molecule has 0 saturated carbocycles. The Morgan fingerprint density at radius 1 is 0.970 bits per heavy atom. The molecule has 2 rings (SSSR count). The monoisotopic (exact) mass is 471 g/mol. The molecule has 0 fully saturated rings. The Hall–Kier alpha value is -2.60. The molecule has 0 aliphatic rings. The fraction of sp³-hybridized carbons (Fsp3) is 0.481. The summed E-state index contributed by atoms with van der Waals surface area (Å²) >= 11 is 5.38. The molecule has 1 N–H and O–H groups in total. The van der Waals surface area contributed by atoms with Crippen molar-refractivity contribution in [2.45, 2.75) is 54.6 Å². The van der Waals surface area contributed by atoms with Crippen molar-refractivity contribution in [3.8, 4) is 5.75 Å². The van der Waals surface area contributed by atoms with Crippen LogP contribution in [0.2, 0.25) is 0 Å². The predicted molar refractivity (Wildman–Crippen MR) is 137 cm³/mol. The molecular weight excluding hydrogens is 434 g/mol. The third kappa shape index (κ3) is 8.69. The second-order valence-corrected chi connectivity index (χ2v) is 9.97. The van der Waals surface area contributed by atoms with E-state index in [9.17, 15) is 4.79 Å². The molecule has 1 unspecified atom stereocenters. The lowest BCUT2D eigenvalue weighted by Crippen LogP contribution is -2.34. The van der Waals surface area contributed by atoms with Crippen molar-refractivity contribution in [3.63, 3.8) is 0 Å². The third-order valence-corrected chi connectivity index (χ3v) is 5.80. The zero-order chi connectivity index (χ0) is 24.6. The number of carbonyl (C=O) groups excluding carboxylic acids is 1. The summed E-state index contributed by atoms with van der Waals surface area (Å²) in [6, 6.07) is 12.4. The maximum absolute atomic E-state index is 12.3. The number of hydrogen-bond acceptors (Lipinski definition) is 5. The van der Waals surface area contributed by atoms with Gasteiger partial charge < -0.3 is 19.5 Å². The topological polar surface area (TPSA) is 56.8 Å². The summed E-state index contributed by atoms with van der Waals surface area (Å²) < 4.78 is 16.7. The van der Waals surface area contributed by atoms with E-state index in [1.165, 1.54) is 16.7 Å². The number of rotatable bonds is 9. The fourth-order valence-corrected chi connectivity index (χ4v) is 3.39. The van der Waals surface area contributed by atoms with E-state index >= 15 is 0 Å². The van der Waals surface area contributed by atoms with Crippen molar-refractivity contribution in [2.24, 2.45) is 11.3 Å². The van der Waals surface area contributed by atoms with Gasteiger partial charge in [-0.15, -0.1) is 0 Å². The number of methoxy groups -OCH3 is 1. The summed E-state index contributed by atoms with van der Waals surface area (Å²) in [5.74, 6) is 0.670. The van der Waals surface area contributed by atoms with E-state index in [-0.39, 0.29) is 11.9 Å². The summed E-state index contributed by atoms with van der Waals surface area (Å²) in [6.07, 6.45) is 0.767. The van der Waals surface area contributed by atoms with Gasteiger partial charge in [0.1, 0.15) is 12.4 Å². The maximum Gasteiger partial charge on any atom is 0.311 e. The molecule has 0 heterocycles. The van der Waals surface area contributed by atoms with E-state index in [0.29, 0.717) is 24.9 Å². The highest BCUT2D eigenvalue weighted by atomic mass is 32.1. The molecule has 0 spiro atoms. The summed E-state index contributed by atoms with van der Waals surface area (Å²) in [5.41, 5.74) is 5.23. The fourth-order valence-electron chi connectivity index (χ4n) is 3.25. The molecule has 5 nitrogen and oxygen atoms in total. The molecule has 0 amide bonds. The number of benzene rings is 2. The van der Waals surface area contributed by atoms with Gasteiger partial charge in [0.25, 0.3) is 5.17 Å². The highest BCUT2D eigenvalue weighted by Crippen LogP contribution is 2.20. The Labute approximate surface area is 203 Å². The van der Waals surface area contributed by atoms with Crippen LogP contribution >= 0.6 is 12.2 Å². The summed E-state index contributed by atoms with van der Waals surface area (Å²) in [5, 5.41) is 3.51. The van der Waals surface area contributed by atoms with Gasteiger partial charge in [0, 0.05) is 12.5 Å². The van der Waals surface area contributed by atoms with E-state index in [2.05, 4.69) is 37.4 Å². The van der Waals surface area contributed by atoms with Gasteiger partial charge in [-0.2, -0.15) is 0 Å². The molecular formula is C27H37NO4S. The lowest BCUT2D eigenvalue weighted by molar-refractivity contribution is -0.154. The van der Waals surface area contributed by atoms with Crippen LogP contribution in [0.15, 0.2) is 36.4 Å². The predicted octanol–water partition coefficient (Wildman–Crippen LogP) is 5.46. The van der Waals surface area contributed by atoms with Crippen LogP contribution < -0.4 is 10.1 Å². The zero-order valence-corrected chi connectivity index (χ0v) is 21.7. The van der Waals surface area contributed by atoms with Crippen LogP contribution in [0.1, 0.15) is 48.6 Å². The third-order valence-electron chi connectivity index (χ3n) is 5.54. The molecule has 33 heavy (non-hydrogen) atoms. The van der Waals surface area contributed by atoms with Crippen molar-refractivity contribution in [2.75, 3.05) is 20.3 Å². The zero-order valence-electron chi connectivity index (χ0n) is 20.9. The first-order valence-electron chi connectivity index (χ1n) is 11.3. The Morgan fingerprint density at radius 2 is 1.64 bits per heavy atom. The van der Waals surface area contributed by atoms with Crippen molar-refractivity contribution < 1.29 is 19.0 Å². The molecule has 1 atom stereocenters.